The van der Waals surface area contributed by atoms with Crippen molar-refractivity contribution in [1.29, 1.82) is 0 Å². The molecule has 3 heterocycles. The summed E-state index contributed by atoms with van der Waals surface area (Å²) in [7, 11) is 0. The number of aromatic nitrogens is 1. The molecule has 0 saturated carbocycles. The van der Waals surface area contributed by atoms with Gasteiger partial charge in [0.1, 0.15) is 5.82 Å². The summed E-state index contributed by atoms with van der Waals surface area (Å²) in [5.41, 5.74) is 1.63. The highest BCUT2D eigenvalue weighted by atomic mass is 32.1. The van der Waals surface area contributed by atoms with E-state index in [0.717, 1.165) is 35.6 Å². The molecule has 4 nitrogen and oxygen atoms in total. The standard InChI is InChI=1S/C16H18N2O2S/c1-11-8-18(9-12(2)20-11)16-14(10-19)6-13(7-17-16)15-4-3-5-21-15/h3-7,10-12H,8-9H2,1-2H3/t11-,12+. The van der Waals surface area contributed by atoms with Gasteiger partial charge in [-0.05, 0) is 31.4 Å². The first-order chi connectivity index (χ1) is 10.2. The fraction of sp³-hybridized carbons (Fsp3) is 0.375. The van der Waals surface area contributed by atoms with Crippen molar-refractivity contribution in [2.75, 3.05) is 18.0 Å². The van der Waals surface area contributed by atoms with Crippen LogP contribution >= 0.6 is 11.3 Å². The Kier molecular flexibility index (Phi) is 4.03. The second kappa shape index (κ2) is 5.95. The predicted octanol–water partition coefficient (Wildman–Crippen LogP) is 3.24. The van der Waals surface area contributed by atoms with Crippen molar-refractivity contribution in [3.8, 4) is 10.4 Å². The zero-order valence-electron chi connectivity index (χ0n) is 12.2. The van der Waals surface area contributed by atoms with Gasteiger partial charge >= 0.3 is 0 Å². The van der Waals surface area contributed by atoms with Gasteiger partial charge in [-0.3, -0.25) is 4.79 Å². The number of carbonyl (C=O) groups is 1. The summed E-state index contributed by atoms with van der Waals surface area (Å²) in [6, 6.07) is 5.96. The van der Waals surface area contributed by atoms with Gasteiger partial charge < -0.3 is 9.64 Å². The van der Waals surface area contributed by atoms with Crippen LogP contribution in [0.15, 0.2) is 29.8 Å². The zero-order chi connectivity index (χ0) is 14.8. The molecule has 0 spiro atoms. The second-order valence-corrected chi connectivity index (χ2v) is 6.34. The number of nitrogens with zero attached hydrogens (tertiary/aromatic N) is 2. The van der Waals surface area contributed by atoms with Gasteiger partial charge in [-0.1, -0.05) is 6.07 Å². The molecule has 1 aliphatic rings. The Morgan fingerprint density at radius 1 is 1.38 bits per heavy atom. The van der Waals surface area contributed by atoms with E-state index < -0.39 is 0 Å². The maximum atomic E-state index is 11.5. The number of morpholine rings is 1. The Labute approximate surface area is 128 Å². The molecular weight excluding hydrogens is 284 g/mol. The predicted molar refractivity (Wildman–Crippen MR) is 85.2 cm³/mol. The van der Waals surface area contributed by atoms with Crippen LogP contribution in [-0.4, -0.2) is 36.6 Å². The quantitative estimate of drug-likeness (QED) is 0.816. The summed E-state index contributed by atoms with van der Waals surface area (Å²) in [6.45, 7) is 5.61. The number of hydrogen-bond donors (Lipinski definition) is 0. The molecule has 2 aromatic heterocycles. The van der Waals surface area contributed by atoms with Gasteiger partial charge in [0.15, 0.2) is 6.29 Å². The van der Waals surface area contributed by atoms with E-state index in [2.05, 4.69) is 9.88 Å². The van der Waals surface area contributed by atoms with Gasteiger partial charge in [0, 0.05) is 29.7 Å². The third-order valence-electron chi connectivity index (χ3n) is 3.55. The fourth-order valence-corrected chi connectivity index (χ4v) is 3.46. The van der Waals surface area contributed by atoms with Crippen LogP contribution in [0.4, 0.5) is 5.82 Å². The van der Waals surface area contributed by atoms with Crippen LogP contribution in [-0.2, 0) is 4.74 Å². The van der Waals surface area contributed by atoms with Crippen LogP contribution < -0.4 is 4.90 Å². The summed E-state index contributed by atoms with van der Waals surface area (Å²) in [5.74, 6) is 0.757. The van der Waals surface area contributed by atoms with E-state index in [0.29, 0.717) is 5.56 Å². The first-order valence-corrected chi connectivity index (χ1v) is 7.95. The molecule has 0 radical (unpaired) electrons. The molecule has 21 heavy (non-hydrogen) atoms. The fourth-order valence-electron chi connectivity index (χ4n) is 2.75. The maximum Gasteiger partial charge on any atom is 0.153 e. The first kappa shape index (κ1) is 14.2. The number of carbonyl (C=O) groups excluding carboxylic acids is 1. The minimum absolute atomic E-state index is 0.145. The highest BCUT2D eigenvalue weighted by Gasteiger charge is 2.25. The molecule has 1 saturated heterocycles. The van der Waals surface area contributed by atoms with E-state index in [9.17, 15) is 4.79 Å². The number of thiophene rings is 1. The summed E-state index contributed by atoms with van der Waals surface area (Å²) >= 11 is 1.65. The topological polar surface area (TPSA) is 42.4 Å². The molecule has 0 bridgehead atoms. The Balaban J connectivity index is 1.94. The number of anilines is 1. The van der Waals surface area contributed by atoms with Crippen molar-refractivity contribution >= 4 is 23.4 Å². The van der Waals surface area contributed by atoms with Crippen LogP contribution in [0.2, 0.25) is 0 Å². The molecule has 1 fully saturated rings. The number of rotatable bonds is 3. The van der Waals surface area contributed by atoms with Crippen molar-refractivity contribution in [3.05, 3.63) is 35.3 Å². The lowest BCUT2D eigenvalue weighted by molar-refractivity contribution is -0.00549. The van der Waals surface area contributed by atoms with Crippen LogP contribution in [0.5, 0.6) is 0 Å². The maximum absolute atomic E-state index is 11.5. The summed E-state index contributed by atoms with van der Waals surface area (Å²) in [4.78, 5) is 19.3. The van der Waals surface area contributed by atoms with E-state index in [4.69, 9.17) is 4.74 Å². The highest BCUT2D eigenvalue weighted by molar-refractivity contribution is 7.13. The molecule has 0 aromatic carbocycles. The normalized spacial score (nSPS) is 22.3. The summed E-state index contributed by atoms with van der Waals surface area (Å²) in [5, 5.41) is 2.02. The third-order valence-corrected chi connectivity index (χ3v) is 4.47. The Morgan fingerprint density at radius 3 is 2.76 bits per heavy atom. The summed E-state index contributed by atoms with van der Waals surface area (Å²) < 4.78 is 5.74. The number of aldehydes is 1. The molecule has 110 valence electrons. The lowest BCUT2D eigenvalue weighted by Gasteiger charge is -2.36. The van der Waals surface area contributed by atoms with Gasteiger partial charge in [0.2, 0.25) is 0 Å². The Morgan fingerprint density at radius 2 is 2.14 bits per heavy atom. The highest BCUT2D eigenvalue weighted by Crippen LogP contribution is 2.28. The zero-order valence-corrected chi connectivity index (χ0v) is 13.0. The van der Waals surface area contributed by atoms with E-state index in [1.165, 1.54) is 0 Å². The molecule has 0 N–H and O–H groups in total. The number of ether oxygens (including phenoxy) is 1. The van der Waals surface area contributed by atoms with Crippen LogP contribution in [0, 0.1) is 0 Å². The average molecular weight is 302 g/mol. The smallest absolute Gasteiger partial charge is 0.153 e. The van der Waals surface area contributed by atoms with Crippen molar-refractivity contribution in [1.82, 2.24) is 4.98 Å². The molecule has 2 aromatic rings. The largest absolute Gasteiger partial charge is 0.372 e. The molecule has 1 aliphatic heterocycles. The molecule has 2 atom stereocenters. The van der Waals surface area contributed by atoms with E-state index in [1.807, 2.05) is 43.6 Å². The SMILES string of the molecule is C[C@@H]1CN(c2ncc(-c3cccs3)cc2C=O)C[C@H](C)O1. The average Bonchev–Trinajstić information content (AvgIpc) is 2.99. The van der Waals surface area contributed by atoms with Crippen LogP contribution in [0.1, 0.15) is 24.2 Å². The van der Waals surface area contributed by atoms with E-state index >= 15 is 0 Å². The van der Waals surface area contributed by atoms with E-state index in [1.54, 1.807) is 11.3 Å². The minimum Gasteiger partial charge on any atom is -0.372 e. The van der Waals surface area contributed by atoms with Crippen molar-refractivity contribution in [3.63, 3.8) is 0 Å². The summed E-state index contributed by atoms with van der Waals surface area (Å²) in [6.07, 6.45) is 3.03. The molecule has 3 rings (SSSR count). The number of hydrogen-bond acceptors (Lipinski definition) is 5. The van der Waals surface area contributed by atoms with Gasteiger partial charge in [0.25, 0.3) is 0 Å². The molecule has 0 aliphatic carbocycles. The molecule has 5 heteroatoms. The van der Waals surface area contributed by atoms with Gasteiger partial charge in [-0.25, -0.2) is 4.98 Å². The van der Waals surface area contributed by atoms with Gasteiger partial charge in [-0.2, -0.15) is 0 Å². The number of pyridine rings is 1. The Bertz CT molecular complexity index is 617. The van der Waals surface area contributed by atoms with Gasteiger partial charge in [0.05, 0.1) is 17.8 Å². The van der Waals surface area contributed by atoms with Gasteiger partial charge in [-0.15, -0.1) is 11.3 Å². The lowest BCUT2D eigenvalue weighted by Crippen LogP contribution is -2.46. The van der Waals surface area contributed by atoms with Crippen LogP contribution in [0.25, 0.3) is 10.4 Å². The van der Waals surface area contributed by atoms with Crippen molar-refractivity contribution < 1.29 is 9.53 Å². The van der Waals surface area contributed by atoms with E-state index in [-0.39, 0.29) is 12.2 Å². The molecule has 0 unspecified atom stereocenters. The molecular formula is C16H18N2O2S. The van der Waals surface area contributed by atoms with Crippen molar-refractivity contribution in [2.45, 2.75) is 26.1 Å². The minimum atomic E-state index is 0.145. The lowest BCUT2D eigenvalue weighted by atomic mass is 10.1. The Hall–Kier alpha value is -1.72. The second-order valence-electron chi connectivity index (χ2n) is 5.39. The van der Waals surface area contributed by atoms with Crippen LogP contribution in [0.3, 0.4) is 0 Å². The first-order valence-electron chi connectivity index (χ1n) is 7.07. The molecule has 0 amide bonds. The monoisotopic (exact) mass is 302 g/mol. The van der Waals surface area contributed by atoms with Crippen molar-refractivity contribution in [2.24, 2.45) is 0 Å². The third kappa shape index (κ3) is 2.99.